The molecular weight excluding hydrogens is 262 g/mol. The topological polar surface area (TPSA) is 21.3 Å². The van der Waals surface area contributed by atoms with Gasteiger partial charge in [0.05, 0.1) is 5.56 Å². The smallest absolute Gasteiger partial charge is 0.419 e. The third-order valence-corrected chi connectivity index (χ3v) is 2.59. The lowest BCUT2D eigenvalue weighted by atomic mass is 10.1. The number of alkyl halides is 3. The molecule has 0 amide bonds. The van der Waals surface area contributed by atoms with Crippen molar-refractivity contribution in [1.82, 2.24) is 5.32 Å². The molecule has 1 unspecified atom stereocenters. The number of hydrogen-bond donors (Lipinski definition) is 1. The van der Waals surface area contributed by atoms with E-state index in [0.717, 1.165) is 12.5 Å². The van der Waals surface area contributed by atoms with Crippen LogP contribution in [0.2, 0.25) is 0 Å². The van der Waals surface area contributed by atoms with Gasteiger partial charge in [0.25, 0.3) is 0 Å². The second-order valence-corrected chi connectivity index (χ2v) is 4.23. The summed E-state index contributed by atoms with van der Waals surface area (Å²) in [5.41, 5.74) is -1.30. The van der Waals surface area contributed by atoms with Gasteiger partial charge in [-0.3, -0.25) is 0 Å². The summed E-state index contributed by atoms with van der Waals surface area (Å²) in [6, 6.07) is 2.69. The van der Waals surface area contributed by atoms with Crippen molar-refractivity contribution >= 4 is 0 Å². The van der Waals surface area contributed by atoms with Gasteiger partial charge in [-0.15, -0.1) is 0 Å². The molecule has 0 spiro atoms. The van der Waals surface area contributed by atoms with E-state index < -0.39 is 17.6 Å². The van der Waals surface area contributed by atoms with E-state index in [-0.39, 0.29) is 11.9 Å². The molecule has 0 aliphatic carbocycles. The van der Waals surface area contributed by atoms with Crippen LogP contribution in [0.5, 0.6) is 5.75 Å². The van der Waals surface area contributed by atoms with Gasteiger partial charge in [0.2, 0.25) is 0 Å². The standard InChI is InChI=1S/C13H17F4NO/c1-3-4-10(8-18-2)19-9-5-6-12(14)11(7-9)13(15,16)17/h5-7,10,18H,3-4,8H2,1-2H3. The highest BCUT2D eigenvalue weighted by molar-refractivity contribution is 5.31. The lowest BCUT2D eigenvalue weighted by Gasteiger charge is -2.19. The molecule has 1 aromatic carbocycles. The van der Waals surface area contributed by atoms with Crippen LogP contribution in [0.15, 0.2) is 18.2 Å². The third-order valence-electron chi connectivity index (χ3n) is 2.59. The molecule has 1 rings (SSSR count). The van der Waals surface area contributed by atoms with Crippen LogP contribution in [0.3, 0.4) is 0 Å². The second-order valence-electron chi connectivity index (χ2n) is 4.23. The fourth-order valence-corrected chi connectivity index (χ4v) is 1.74. The maximum atomic E-state index is 13.1. The van der Waals surface area contributed by atoms with Crippen molar-refractivity contribution in [1.29, 1.82) is 0 Å². The number of rotatable bonds is 6. The minimum absolute atomic E-state index is 0.0300. The van der Waals surface area contributed by atoms with E-state index in [1.807, 2.05) is 6.92 Å². The van der Waals surface area contributed by atoms with Crippen molar-refractivity contribution in [2.45, 2.75) is 32.0 Å². The van der Waals surface area contributed by atoms with E-state index in [4.69, 9.17) is 4.74 Å². The molecule has 108 valence electrons. The van der Waals surface area contributed by atoms with Crippen LogP contribution in [-0.4, -0.2) is 19.7 Å². The zero-order valence-corrected chi connectivity index (χ0v) is 10.9. The molecule has 2 nitrogen and oxygen atoms in total. The first kappa shape index (κ1) is 15.8. The van der Waals surface area contributed by atoms with E-state index in [1.54, 1.807) is 7.05 Å². The van der Waals surface area contributed by atoms with Crippen LogP contribution in [0.25, 0.3) is 0 Å². The van der Waals surface area contributed by atoms with Crippen molar-refractivity contribution in [2.75, 3.05) is 13.6 Å². The Hall–Kier alpha value is -1.30. The van der Waals surface area contributed by atoms with Crippen LogP contribution < -0.4 is 10.1 Å². The molecule has 0 aliphatic heterocycles. The molecular formula is C13H17F4NO. The fraction of sp³-hybridized carbons (Fsp3) is 0.538. The quantitative estimate of drug-likeness (QED) is 0.803. The highest BCUT2D eigenvalue weighted by Gasteiger charge is 2.34. The summed E-state index contributed by atoms with van der Waals surface area (Å²) in [4.78, 5) is 0. The summed E-state index contributed by atoms with van der Waals surface area (Å²) in [6.07, 6.45) is -3.40. The van der Waals surface area contributed by atoms with E-state index in [1.165, 1.54) is 6.07 Å². The molecule has 0 aromatic heterocycles. The van der Waals surface area contributed by atoms with E-state index >= 15 is 0 Å². The van der Waals surface area contributed by atoms with Gasteiger partial charge in [-0.05, 0) is 31.7 Å². The Balaban J connectivity index is 2.89. The lowest BCUT2D eigenvalue weighted by Crippen LogP contribution is -2.29. The normalized spacial score (nSPS) is 13.4. The number of likely N-dealkylation sites (N-methyl/N-ethyl adjacent to an activating group) is 1. The first-order valence-corrected chi connectivity index (χ1v) is 6.06. The summed E-state index contributed by atoms with van der Waals surface area (Å²) >= 11 is 0. The Kier molecular flexibility index (Phi) is 5.60. The summed E-state index contributed by atoms with van der Waals surface area (Å²) < 4.78 is 56.2. The van der Waals surface area contributed by atoms with Crippen LogP contribution >= 0.6 is 0 Å². The monoisotopic (exact) mass is 279 g/mol. The Bertz CT molecular complexity index is 400. The van der Waals surface area contributed by atoms with Crippen LogP contribution in [0.4, 0.5) is 17.6 Å². The zero-order valence-electron chi connectivity index (χ0n) is 10.9. The highest BCUT2D eigenvalue weighted by Crippen LogP contribution is 2.33. The molecule has 1 aromatic rings. The first-order valence-electron chi connectivity index (χ1n) is 6.06. The molecule has 19 heavy (non-hydrogen) atoms. The Labute approximate surface area is 109 Å². The molecule has 0 aliphatic rings. The van der Waals surface area contributed by atoms with Crippen molar-refractivity contribution in [3.05, 3.63) is 29.6 Å². The summed E-state index contributed by atoms with van der Waals surface area (Å²) in [5.74, 6) is -1.26. The fourth-order valence-electron chi connectivity index (χ4n) is 1.74. The van der Waals surface area contributed by atoms with Gasteiger partial charge in [-0.1, -0.05) is 13.3 Å². The van der Waals surface area contributed by atoms with Gasteiger partial charge >= 0.3 is 6.18 Å². The van der Waals surface area contributed by atoms with Gasteiger partial charge in [0, 0.05) is 6.54 Å². The molecule has 6 heteroatoms. The lowest BCUT2D eigenvalue weighted by molar-refractivity contribution is -0.140. The molecule has 1 atom stereocenters. The van der Waals surface area contributed by atoms with E-state index in [0.29, 0.717) is 19.0 Å². The van der Waals surface area contributed by atoms with Crippen molar-refractivity contribution in [3.63, 3.8) is 0 Å². The van der Waals surface area contributed by atoms with Gasteiger partial charge in [-0.2, -0.15) is 13.2 Å². The predicted molar refractivity (Wildman–Crippen MR) is 64.7 cm³/mol. The molecule has 0 saturated carbocycles. The summed E-state index contributed by atoms with van der Waals surface area (Å²) in [7, 11) is 1.73. The SMILES string of the molecule is CCCC(CNC)Oc1ccc(F)c(C(F)(F)F)c1. The maximum absolute atomic E-state index is 13.1. The predicted octanol–water partition coefficient (Wildman–Crippen LogP) is 3.61. The van der Waals surface area contributed by atoms with Gasteiger partial charge in [0.1, 0.15) is 17.7 Å². The first-order chi connectivity index (χ1) is 8.88. The number of nitrogens with one attached hydrogen (secondary N) is 1. The van der Waals surface area contributed by atoms with Crippen LogP contribution in [0.1, 0.15) is 25.3 Å². The second kappa shape index (κ2) is 6.75. The summed E-state index contributed by atoms with van der Waals surface area (Å²) in [5, 5.41) is 2.91. The Morgan fingerprint density at radius 2 is 2.00 bits per heavy atom. The Morgan fingerprint density at radius 1 is 1.32 bits per heavy atom. The molecule has 0 radical (unpaired) electrons. The Morgan fingerprint density at radius 3 is 2.53 bits per heavy atom. The maximum Gasteiger partial charge on any atom is 0.419 e. The number of benzene rings is 1. The highest BCUT2D eigenvalue weighted by atomic mass is 19.4. The number of hydrogen-bond acceptors (Lipinski definition) is 2. The summed E-state index contributed by atoms with van der Waals surface area (Å²) in [6.45, 7) is 2.48. The van der Waals surface area contributed by atoms with Gasteiger partial charge < -0.3 is 10.1 Å². The van der Waals surface area contributed by atoms with Crippen LogP contribution in [0, 0.1) is 5.82 Å². The zero-order chi connectivity index (χ0) is 14.5. The minimum Gasteiger partial charge on any atom is -0.489 e. The van der Waals surface area contributed by atoms with Crippen molar-refractivity contribution in [2.24, 2.45) is 0 Å². The van der Waals surface area contributed by atoms with E-state index in [2.05, 4.69) is 5.32 Å². The van der Waals surface area contributed by atoms with Crippen molar-refractivity contribution < 1.29 is 22.3 Å². The molecule has 0 fully saturated rings. The van der Waals surface area contributed by atoms with Crippen LogP contribution in [-0.2, 0) is 6.18 Å². The molecule has 0 bridgehead atoms. The number of ether oxygens (including phenoxy) is 1. The average Bonchev–Trinajstić information content (AvgIpc) is 2.31. The largest absolute Gasteiger partial charge is 0.489 e. The molecule has 0 saturated heterocycles. The van der Waals surface area contributed by atoms with Gasteiger partial charge in [-0.25, -0.2) is 4.39 Å². The van der Waals surface area contributed by atoms with E-state index in [9.17, 15) is 17.6 Å². The average molecular weight is 279 g/mol. The molecule has 0 heterocycles. The molecule has 1 N–H and O–H groups in total. The van der Waals surface area contributed by atoms with Crippen molar-refractivity contribution in [3.8, 4) is 5.75 Å². The number of halogens is 4. The minimum atomic E-state index is -4.72. The third kappa shape index (κ3) is 4.70. The van der Waals surface area contributed by atoms with Gasteiger partial charge in [0.15, 0.2) is 0 Å².